The van der Waals surface area contributed by atoms with Gasteiger partial charge in [-0.3, -0.25) is 9.69 Å². The molecule has 7 heteroatoms. The minimum Gasteiger partial charge on any atom is -0.465 e. The van der Waals surface area contributed by atoms with Crippen molar-refractivity contribution < 1.29 is 28.6 Å². The average Bonchev–Trinajstić information content (AvgIpc) is 2.94. The normalized spacial score (nSPS) is 19.9. The molecule has 136 valence electrons. The molecule has 0 aromatic heterocycles. The zero-order valence-electron chi connectivity index (χ0n) is 14.9. The highest BCUT2D eigenvalue weighted by Gasteiger charge is 2.56. The molecule has 0 aliphatic carbocycles. The number of nitrogens with zero attached hydrogens (tertiary/aromatic N) is 1. The van der Waals surface area contributed by atoms with Crippen molar-refractivity contribution in [1.82, 2.24) is 4.90 Å². The fraction of sp³-hybridized carbons (Fsp3) is 0.500. The van der Waals surface area contributed by atoms with Gasteiger partial charge in [0.25, 0.3) is 5.72 Å². The molecule has 1 saturated heterocycles. The molecule has 0 bridgehead atoms. The Bertz CT molecular complexity index is 651. The van der Waals surface area contributed by atoms with Gasteiger partial charge < -0.3 is 14.2 Å². The third kappa shape index (κ3) is 4.29. The highest BCUT2D eigenvalue weighted by atomic mass is 16.6. The van der Waals surface area contributed by atoms with E-state index < -0.39 is 29.4 Å². The molecule has 1 unspecified atom stereocenters. The van der Waals surface area contributed by atoms with E-state index in [4.69, 9.17) is 14.2 Å². The zero-order valence-corrected chi connectivity index (χ0v) is 14.9. The molecule has 0 N–H and O–H groups in total. The molecule has 0 saturated carbocycles. The Morgan fingerprint density at radius 2 is 1.88 bits per heavy atom. The van der Waals surface area contributed by atoms with Gasteiger partial charge in [0.1, 0.15) is 5.60 Å². The quantitative estimate of drug-likeness (QED) is 0.614. The second-order valence-electron chi connectivity index (χ2n) is 6.80. The van der Waals surface area contributed by atoms with Crippen molar-refractivity contribution >= 4 is 18.0 Å². The van der Waals surface area contributed by atoms with Gasteiger partial charge in [0.15, 0.2) is 0 Å². The maximum atomic E-state index is 12.8. The van der Waals surface area contributed by atoms with Crippen LogP contribution in [0.3, 0.4) is 0 Å². The van der Waals surface area contributed by atoms with Crippen LogP contribution in [0, 0.1) is 0 Å². The summed E-state index contributed by atoms with van der Waals surface area (Å²) in [5.41, 5.74) is -1.82. The Morgan fingerprint density at radius 1 is 1.24 bits per heavy atom. The Kier molecular flexibility index (Phi) is 5.35. The smallest absolute Gasteiger partial charge is 0.414 e. The van der Waals surface area contributed by atoms with Gasteiger partial charge in [-0.2, -0.15) is 0 Å². The van der Waals surface area contributed by atoms with Crippen LogP contribution in [0.2, 0.25) is 0 Å². The number of esters is 2. The molecule has 7 nitrogen and oxygen atoms in total. The topological polar surface area (TPSA) is 82.1 Å². The summed E-state index contributed by atoms with van der Waals surface area (Å²) in [6, 6.07) is 9.08. The van der Waals surface area contributed by atoms with Gasteiger partial charge in [-0.1, -0.05) is 30.3 Å². The molecule has 0 spiro atoms. The molecule has 1 aromatic carbocycles. The third-order valence-corrected chi connectivity index (χ3v) is 3.69. The first-order valence-corrected chi connectivity index (χ1v) is 8.03. The van der Waals surface area contributed by atoms with Crippen LogP contribution in [-0.2, 0) is 30.3 Å². The summed E-state index contributed by atoms with van der Waals surface area (Å²) in [6.07, 6.45) is -0.718. The standard InChI is InChI=1S/C18H23NO6/c1-17(2,3)25-16(22)19(12-13-8-6-5-7-9-13)18(15(21)23-4)11-10-14(20)24-18/h5-9H,10-12H2,1-4H3. The molecule has 25 heavy (non-hydrogen) atoms. The first-order valence-electron chi connectivity index (χ1n) is 8.03. The molecule has 2 rings (SSSR count). The molecule has 1 fully saturated rings. The molecular formula is C18H23NO6. The van der Waals surface area contributed by atoms with E-state index in [0.717, 1.165) is 10.5 Å². The number of cyclic esters (lactones) is 1. The zero-order chi connectivity index (χ0) is 18.7. The average molecular weight is 349 g/mol. The second-order valence-corrected chi connectivity index (χ2v) is 6.80. The van der Waals surface area contributed by atoms with Gasteiger partial charge in [-0.15, -0.1) is 0 Å². The van der Waals surface area contributed by atoms with Crippen LogP contribution in [0.5, 0.6) is 0 Å². The largest absolute Gasteiger partial charge is 0.465 e. The van der Waals surface area contributed by atoms with E-state index in [1.807, 2.05) is 18.2 Å². The highest BCUT2D eigenvalue weighted by Crippen LogP contribution is 2.34. The van der Waals surface area contributed by atoms with Gasteiger partial charge >= 0.3 is 18.0 Å². The number of amides is 1. The number of carbonyl (C=O) groups excluding carboxylic acids is 3. The van der Waals surface area contributed by atoms with Crippen LogP contribution in [0.1, 0.15) is 39.2 Å². The molecule has 1 atom stereocenters. The Balaban J connectivity index is 2.42. The van der Waals surface area contributed by atoms with Gasteiger partial charge in [0, 0.05) is 6.42 Å². The van der Waals surface area contributed by atoms with Crippen molar-refractivity contribution in [3.05, 3.63) is 35.9 Å². The maximum absolute atomic E-state index is 12.8. The number of hydrogen-bond donors (Lipinski definition) is 0. The van der Waals surface area contributed by atoms with Crippen LogP contribution >= 0.6 is 0 Å². The molecule has 1 aliphatic heterocycles. The maximum Gasteiger partial charge on any atom is 0.414 e. The molecule has 0 radical (unpaired) electrons. The molecule has 1 amide bonds. The number of carbonyl (C=O) groups is 3. The Labute approximate surface area is 146 Å². The lowest BCUT2D eigenvalue weighted by Crippen LogP contribution is -2.58. The van der Waals surface area contributed by atoms with E-state index in [2.05, 4.69) is 0 Å². The van der Waals surface area contributed by atoms with Crippen molar-refractivity contribution in [3.8, 4) is 0 Å². The fourth-order valence-electron chi connectivity index (χ4n) is 2.59. The summed E-state index contributed by atoms with van der Waals surface area (Å²) < 4.78 is 15.5. The van der Waals surface area contributed by atoms with E-state index in [-0.39, 0.29) is 19.4 Å². The van der Waals surface area contributed by atoms with Gasteiger partial charge in [0.2, 0.25) is 0 Å². The van der Waals surface area contributed by atoms with Crippen molar-refractivity contribution in [1.29, 1.82) is 0 Å². The number of benzene rings is 1. The number of ether oxygens (including phenoxy) is 3. The lowest BCUT2D eigenvalue weighted by Gasteiger charge is -2.37. The minimum atomic E-state index is -1.82. The number of methoxy groups -OCH3 is 1. The lowest BCUT2D eigenvalue weighted by atomic mass is 10.1. The molecular weight excluding hydrogens is 326 g/mol. The minimum absolute atomic E-state index is 0.0171. The summed E-state index contributed by atoms with van der Waals surface area (Å²) in [5.74, 6) is -1.37. The first kappa shape index (κ1) is 18.8. The van der Waals surface area contributed by atoms with E-state index in [0.29, 0.717) is 0 Å². The Hall–Kier alpha value is -2.57. The second kappa shape index (κ2) is 7.13. The van der Waals surface area contributed by atoms with E-state index in [9.17, 15) is 14.4 Å². The van der Waals surface area contributed by atoms with Crippen LogP contribution in [0.25, 0.3) is 0 Å². The summed E-state index contributed by atoms with van der Waals surface area (Å²) in [5, 5.41) is 0. The predicted octanol–water partition coefficient (Wildman–Crippen LogP) is 2.63. The molecule has 1 aliphatic rings. The fourth-order valence-corrected chi connectivity index (χ4v) is 2.59. The SMILES string of the molecule is COC(=O)C1(N(Cc2ccccc2)C(=O)OC(C)(C)C)CCC(=O)O1. The third-order valence-electron chi connectivity index (χ3n) is 3.69. The summed E-state index contributed by atoms with van der Waals surface area (Å²) >= 11 is 0. The van der Waals surface area contributed by atoms with Gasteiger partial charge in [0.05, 0.1) is 20.1 Å². The van der Waals surface area contributed by atoms with E-state index in [1.165, 1.54) is 7.11 Å². The number of rotatable bonds is 4. The summed E-state index contributed by atoms with van der Waals surface area (Å²) in [7, 11) is 1.19. The van der Waals surface area contributed by atoms with Crippen LogP contribution < -0.4 is 0 Å². The van der Waals surface area contributed by atoms with Crippen molar-refractivity contribution in [3.63, 3.8) is 0 Å². The van der Waals surface area contributed by atoms with Crippen LogP contribution in [0.4, 0.5) is 4.79 Å². The molecule has 1 aromatic rings. The van der Waals surface area contributed by atoms with Crippen LogP contribution in [0.15, 0.2) is 30.3 Å². The number of hydrogen-bond acceptors (Lipinski definition) is 6. The van der Waals surface area contributed by atoms with E-state index >= 15 is 0 Å². The summed E-state index contributed by atoms with van der Waals surface area (Å²) in [6.45, 7) is 5.20. The lowest BCUT2D eigenvalue weighted by molar-refractivity contribution is -0.193. The molecule has 1 heterocycles. The first-order chi connectivity index (χ1) is 11.7. The van der Waals surface area contributed by atoms with Crippen molar-refractivity contribution in [2.45, 2.75) is 51.5 Å². The van der Waals surface area contributed by atoms with E-state index in [1.54, 1.807) is 32.9 Å². The Morgan fingerprint density at radius 3 is 2.36 bits per heavy atom. The van der Waals surface area contributed by atoms with Gasteiger partial charge in [-0.05, 0) is 26.3 Å². The van der Waals surface area contributed by atoms with Crippen molar-refractivity contribution in [2.75, 3.05) is 7.11 Å². The van der Waals surface area contributed by atoms with Crippen LogP contribution in [-0.4, -0.2) is 41.4 Å². The highest BCUT2D eigenvalue weighted by molar-refractivity contribution is 5.89. The monoisotopic (exact) mass is 349 g/mol. The van der Waals surface area contributed by atoms with Gasteiger partial charge in [-0.25, -0.2) is 9.59 Å². The predicted molar refractivity (Wildman–Crippen MR) is 88.3 cm³/mol. The summed E-state index contributed by atoms with van der Waals surface area (Å²) in [4.78, 5) is 38.1. The van der Waals surface area contributed by atoms with Crippen molar-refractivity contribution in [2.24, 2.45) is 0 Å².